The van der Waals surface area contributed by atoms with Crippen LogP contribution in [0.2, 0.25) is 0 Å². The van der Waals surface area contributed by atoms with Gasteiger partial charge >= 0.3 is 5.69 Å². The van der Waals surface area contributed by atoms with Crippen molar-refractivity contribution in [2.24, 2.45) is 7.05 Å². The molecule has 5 nitrogen and oxygen atoms in total. The van der Waals surface area contributed by atoms with Gasteiger partial charge < -0.3 is 0 Å². The third-order valence-electron chi connectivity index (χ3n) is 2.12. The molecular formula is C10H11ClN2O3. The van der Waals surface area contributed by atoms with Crippen molar-refractivity contribution in [3.63, 3.8) is 0 Å². The van der Waals surface area contributed by atoms with Gasteiger partial charge in [-0.2, -0.15) is 0 Å². The summed E-state index contributed by atoms with van der Waals surface area (Å²) in [5.41, 5.74) is 0.198. The summed E-state index contributed by atoms with van der Waals surface area (Å²) in [6.45, 7) is 1.50. The Bertz CT molecular complexity index is 554. The molecule has 0 N–H and O–H groups in total. The summed E-state index contributed by atoms with van der Waals surface area (Å²) in [6, 6.07) is 0. The molecule has 0 unspecified atom stereocenters. The Labute approximate surface area is 96.6 Å². The van der Waals surface area contributed by atoms with E-state index in [9.17, 15) is 14.4 Å². The Hall–Kier alpha value is -1.62. The molecule has 1 aromatic rings. The van der Waals surface area contributed by atoms with E-state index in [4.69, 9.17) is 11.6 Å². The van der Waals surface area contributed by atoms with Crippen molar-refractivity contribution in [1.29, 1.82) is 0 Å². The van der Waals surface area contributed by atoms with Crippen LogP contribution in [0.4, 0.5) is 0 Å². The van der Waals surface area contributed by atoms with Crippen LogP contribution in [0, 0.1) is 0 Å². The molecule has 86 valence electrons. The van der Waals surface area contributed by atoms with E-state index >= 15 is 0 Å². The third kappa shape index (κ3) is 2.30. The average Bonchev–Trinajstić information content (AvgIpc) is 2.24. The smallest absolute Gasteiger partial charge is 0.296 e. The van der Waals surface area contributed by atoms with Crippen molar-refractivity contribution in [2.45, 2.75) is 13.5 Å². The highest BCUT2D eigenvalue weighted by atomic mass is 35.5. The molecule has 1 aromatic heterocycles. The molecule has 0 saturated carbocycles. The molecule has 1 heterocycles. The first-order valence-electron chi connectivity index (χ1n) is 4.55. The fourth-order valence-corrected chi connectivity index (χ4v) is 1.33. The monoisotopic (exact) mass is 242 g/mol. The normalized spacial score (nSPS) is 10.9. The van der Waals surface area contributed by atoms with Crippen LogP contribution >= 0.6 is 11.6 Å². The number of allylic oxidation sites excluding steroid dienone is 1. The zero-order valence-corrected chi connectivity index (χ0v) is 9.69. The van der Waals surface area contributed by atoms with Gasteiger partial charge in [-0.1, -0.05) is 17.7 Å². The summed E-state index contributed by atoms with van der Waals surface area (Å²) in [6.07, 6.45) is 2.79. The van der Waals surface area contributed by atoms with Crippen LogP contribution < -0.4 is 11.2 Å². The van der Waals surface area contributed by atoms with Gasteiger partial charge in [0.1, 0.15) is 0 Å². The Morgan fingerprint density at radius 1 is 1.50 bits per heavy atom. The molecule has 0 aromatic carbocycles. The minimum Gasteiger partial charge on any atom is -0.296 e. The van der Waals surface area contributed by atoms with Gasteiger partial charge in [0, 0.05) is 25.3 Å². The summed E-state index contributed by atoms with van der Waals surface area (Å²) < 4.78 is 2.15. The second-order valence-corrected chi connectivity index (χ2v) is 3.51. The number of Topliss-reactive ketones (excluding diaryl/α,β-unsaturated/α-hetero) is 1. The van der Waals surface area contributed by atoms with Crippen LogP contribution in [0.25, 0.3) is 0 Å². The first-order chi connectivity index (χ1) is 7.49. The number of halogens is 1. The van der Waals surface area contributed by atoms with Crippen LogP contribution in [-0.2, 0) is 13.6 Å². The lowest BCUT2D eigenvalue weighted by molar-refractivity contribution is 0.101. The molecule has 0 bridgehead atoms. The fraction of sp³-hybridized carbons (Fsp3) is 0.300. The molecular weight excluding hydrogens is 232 g/mol. The number of ketones is 1. The zero-order chi connectivity index (χ0) is 12.3. The molecule has 0 radical (unpaired) electrons. The van der Waals surface area contributed by atoms with Crippen LogP contribution in [0.1, 0.15) is 17.3 Å². The highest BCUT2D eigenvalue weighted by molar-refractivity contribution is 6.25. The quantitative estimate of drug-likeness (QED) is 0.726. The highest BCUT2D eigenvalue weighted by Crippen LogP contribution is 1.92. The number of hydrogen-bond acceptors (Lipinski definition) is 3. The van der Waals surface area contributed by atoms with Crippen molar-refractivity contribution in [1.82, 2.24) is 9.13 Å². The maximum Gasteiger partial charge on any atom is 0.331 e. The molecule has 0 aliphatic carbocycles. The number of carbonyl (C=O) groups is 1. The minimum absolute atomic E-state index is 0.00919. The molecule has 0 fully saturated rings. The largest absolute Gasteiger partial charge is 0.331 e. The van der Waals surface area contributed by atoms with E-state index in [1.54, 1.807) is 0 Å². The van der Waals surface area contributed by atoms with Gasteiger partial charge in [0.25, 0.3) is 5.56 Å². The van der Waals surface area contributed by atoms with Crippen LogP contribution in [0.5, 0.6) is 0 Å². The topological polar surface area (TPSA) is 61.1 Å². The van der Waals surface area contributed by atoms with E-state index in [1.165, 1.54) is 36.3 Å². The lowest BCUT2D eigenvalue weighted by atomic mass is 10.2. The summed E-state index contributed by atoms with van der Waals surface area (Å²) >= 11 is 5.35. The van der Waals surface area contributed by atoms with Gasteiger partial charge in [-0.3, -0.25) is 18.7 Å². The summed E-state index contributed by atoms with van der Waals surface area (Å²) in [7, 11) is 1.33. The SMILES string of the molecule is CC(=O)c1cn(C/C=C/Cl)c(=O)n(C)c1=O. The van der Waals surface area contributed by atoms with Crippen LogP contribution in [-0.4, -0.2) is 14.9 Å². The van der Waals surface area contributed by atoms with Gasteiger partial charge in [-0.25, -0.2) is 4.79 Å². The first kappa shape index (κ1) is 12.4. The zero-order valence-electron chi connectivity index (χ0n) is 8.94. The molecule has 0 amide bonds. The molecule has 0 aliphatic heterocycles. The lowest BCUT2D eigenvalue weighted by Gasteiger charge is -2.06. The minimum atomic E-state index is -0.580. The van der Waals surface area contributed by atoms with E-state index in [0.29, 0.717) is 0 Å². The summed E-state index contributed by atoms with van der Waals surface area (Å²) in [5, 5.41) is 0. The molecule has 0 aliphatic rings. The predicted molar refractivity (Wildman–Crippen MR) is 60.9 cm³/mol. The van der Waals surface area contributed by atoms with Gasteiger partial charge in [0.15, 0.2) is 5.78 Å². The summed E-state index contributed by atoms with van der Waals surface area (Å²) in [4.78, 5) is 34.3. The Morgan fingerprint density at radius 3 is 2.62 bits per heavy atom. The number of rotatable bonds is 3. The molecule has 0 spiro atoms. The second kappa shape index (κ2) is 4.94. The van der Waals surface area contributed by atoms with Crippen molar-refractivity contribution in [3.05, 3.63) is 44.2 Å². The Balaban J connectivity index is 3.47. The van der Waals surface area contributed by atoms with E-state index in [1.807, 2.05) is 0 Å². The van der Waals surface area contributed by atoms with Crippen molar-refractivity contribution in [3.8, 4) is 0 Å². The number of hydrogen-bond donors (Lipinski definition) is 0. The molecule has 1 rings (SSSR count). The molecule has 16 heavy (non-hydrogen) atoms. The van der Waals surface area contributed by atoms with E-state index in [2.05, 4.69) is 0 Å². The van der Waals surface area contributed by atoms with Crippen molar-refractivity contribution < 1.29 is 4.79 Å². The van der Waals surface area contributed by atoms with Crippen molar-refractivity contribution >= 4 is 17.4 Å². The van der Waals surface area contributed by atoms with Crippen LogP contribution in [0.3, 0.4) is 0 Å². The Kier molecular flexibility index (Phi) is 3.84. The number of carbonyl (C=O) groups excluding carboxylic acids is 1. The molecule has 6 heteroatoms. The first-order valence-corrected chi connectivity index (χ1v) is 4.99. The molecule has 0 atom stereocenters. The number of nitrogens with zero attached hydrogens (tertiary/aromatic N) is 2. The maximum absolute atomic E-state index is 11.6. The van der Waals surface area contributed by atoms with E-state index < -0.39 is 11.2 Å². The van der Waals surface area contributed by atoms with Gasteiger partial charge in [0.05, 0.1) is 5.56 Å². The fourth-order valence-electron chi connectivity index (χ4n) is 1.25. The predicted octanol–water partition coefficient (Wildman–Crippen LogP) is 0.502. The lowest BCUT2D eigenvalue weighted by Crippen LogP contribution is -2.40. The maximum atomic E-state index is 11.6. The van der Waals surface area contributed by atoms with Gasteiger partial charge in [-0.15, -0.1) is 0 Å². The Morgan fingerprint density at radius 2 is 2.12 bits per heavy atom. The second-order valence-electron chi connectivity index (χ2n) is 3.26. The highest BCUT2D eigenvalue weighted by Gasteiger charge is 2.11. The standard InChI is InChI=1S/C10H11ClN2O3/c1-7(14)8-6-13(5-3-4-11)10(16)12(2)9(8)15/h3-4,6H,5H2,1-2H3/b4-3+. The van der Waals surface area contributed by atoms with E-state index in [-0.39, 0.29) is 17.9 Å². The average molecular weight is 243 g/mol. The van der Waals surface area contributed by atoms with Crippen molar-refractivity contribution in [2.75, 3.05) is 0 Å². The van der Waals surface area contributed by atoms with Gasteiger partial charge in [0.2, 0.25) is 0 Å². The van der Waals surface area contributed by atoms with Gasteiger partial charge in [-0.05, 0) is 6.92 Å². The molecule has 0 saturated heterocycles. The third-order valence-corrected chi connectivity index (χ3v) is 2.30. The van der Waals surface area contributed by atoms with Crippen LogP contribution in [0.15, 0.2) is 27.4 Å². The van der Waals surface area contributed by atoms with E-state index in [0.717, 1.165) is 4.57 Å². The summed E-state index contributed by atoms with van der Waals surface area (Å²) in [5.74, 6) is -0.371. The number of aromatic nitrogens is 2.